The summed E-state index contributed by atoms with van der Waals surface area (Å²) in [6, 6.07) is 12.4. The van der Waals surface area contributed by atoms with Gasteiger partial charge in [0.2, 0.25) is 5.91 Å². The molecular formula is C24H26F2N2O5. The number of carbonyl (C=O) groups excluding carboxylic acids is 2. The van der Waals surface area contributed by atoms with Gasteiger partial charge in [0.25, 0.3) is 6.43 Å². The van der Waals surface area contributed by atoms with Gasteiger partial charge in [-0.15, -0.1) is 0 Å². The number of alkyl halides is 2. The lowest BCUT2D eigenvalue weighted by Crippen LogP contribution is -2.47. The molecule has 0 heterocycles. The minimum atomic E-state index is -3.04. The number of benzene rings is 2. The van der Waals surface area contributed by atoms with Crippen molar-refractivity contribution in [2.75, 3.05) is 6.61 Å². The van der Waals surface area contributed by atoms with Crippen molar-refractivity contribution in [2.24, 2.45) is 0 Å². The number of amides is 2. The number of ether oxygens (including phenoxy) is 1. The molecule has 0 aromatic heterocycles. The van der Waals surface area contributed by atoms with E-state index in [0.717, 1.165) is 22.3 Å². The predicted molar refractivity (Wildman–Crippen MR) is 117 cm³/mol. The number of halogens is 2. The lowest BCUT2D eigenvalue weighted by atomic mass is 9.98. The van der Waals surface area contributed by atoms with Gasteiger partial charge in [0.1, 0.15) is 18.7 Å². The van der Waals surface area contributed by atoms with E-state index in [2.05, 4.69) is 5.32 Å². The van der Waals surface area contributed by atoms with Crippen LogP contribution >= 0.6 is 0 Å². The number of carbonyl (C=O) groups is 3. The highest BCUT2D eigenvalue weighted by atomic mass is 19.3. The first-order chi connectivity index (χ1) is 15.8. The molecule has 0 saturated carbocycles. The molecule has 2 atom stereocenters. The number of rotatable bonds is 10. The van der Waals surface area contributed by atoms with Gasteiger partial charge in [0.05, 0.1) is 6.42 Å². The van der Waals surface area contributed by atoms with Gasteiger partial charge < -0.3 is 20.5 Å². The summed E-state index contributed by atoms with van der Waals surface area (Å²) in [7, 11) is 0. The normalized spacial score (nSPS) is 14.2. The minimum absolute atomic E-state index is 0.0559. The standard InChI is InChI=1S/C24H26F2N2O5/c1-2-7-19(23(30)31)27-21(29)12-20(22(25)26)28-24(32)33-13-18-16-10-5-3-8-14(16)15-9-4-6-11-17(15)18/h3-6,8-11,18-20,22H,2,7,12-13H2,1H3,(H,27,29)(H,28,32)(H,30,31)/t19-,20?/m1/s1. The number of fused-ring (bicyclic) bond motifs is 3. The van der Waals surface area contributed by atoms with Crippen LogP contribution in [0.4, 0.5) is 13.6 Å². The van der Waals surface area contributed by atoms with E-state index >= 15 is 0 Å². The first kappa shape index (κ1) is 24.2. The van der Waals surface area contributed by atoms with Gasteiger partial charge >= 0.3 is 12.1 Å². The molecule has 0 saturated heterocycles. The topological polar surface area (TPSA) is 105 Å². The van der Waals surface area contributed by atoms with Crippen molar-refractivity contribution in [2.45, 2.75) is 50.6 Å². The fraction of sp³-hybridized carbons (Fsp3) is 0.375. The Kier molecular flexibility index (Phi) is 7.97. The van der Waals surface area contributed by atoms with Crippen LogP contribution in [0.25, 0.3) is 11.1 Å². The average Bonchev–Trinajstić information content (AvgIpc) is 3.10. The molecule has 1 aliphatic carbocycles. The molecule has 7 nitrogen and oxygen atoms in total. The van der Waals surface area contributed by atoms with Crippen molar-refractivity contribution in [1.29, 1.82) is 0 Å². The summed E-state index contributed by atoms with van der Waals surface area (Å²) >= 11 is 0. The minimum Gasteiger partial charge on any atom is -0.480 e. The van der Waals surface area contributed by atoms with Crippen LogP contribution in [0.1, 0.15) is 43.2 Å². The third kappa shape index (κ3) is 5.85. The van der Waals surface area contributed by atoms with Crippen molar-refractivity contribution in [3.8, 4) is 11.1 Å². The summed E-state index contributed by atoms with van der Waals surface area (Å²) in [4.78, 5) is 35.5. The second-order valence-corrected chi connectivity index (χ2v) is 7.86. The van der Waals surface area contributed by atoms with Crippen molar-refractivity contribution in [3.63, 3.8) is 0 Å². The van der Waals surface area contributed by atoms with Crippen LogP contribution < -0.4 is 10.6 Å². The molecule has 2 aromatic rings. The van der Waals surface area contributed by atoms with E-state index in [-0.39, 0.29) is 18.9 Å². The van der Waals surface area contributed by atoms with E-state index in [4.69, 9.17) is 9.84 Å². The molecular weight excluding hydrogens is 434 g/mol. The maximum Gasteiger partial charge on any atom is 0.407 e. The molecule has 3 rings (SSSR count). The predicted octanol–water partition coefficient (Wildman–Crippen LogP) is 3.92. The lowest BCUT2D eigenvalue weighted by molar-refractivity contribution is -0.142. The van der Waals surface area contributed by atoms with E-state index in [0.29, 0.717) is 6.42 Å². The molecule has 0 aliphatic heterocycles. The smallest absolute Gasteiger partial charge is 0.407 e. The number of carboxylic acids is 1. The second kappa shape index (κ2) is 10.9. The summed E-state index contributed by atoms with van der Waals surface area (Å²) in [5.41, 5.74) is 4.02. The molecule has 2 aromatic carbocycles. The summed E-state index contributed by atoms with van der Waals surface area (Å²) in [6.07, 6.45) is -4.22. The zero-order valence-corrected chi connectivity index (χ0v) is 18.1. The molecule has 2 amide bonds. The van der Waals surface area contributed by atoms with Crippen molar-refractivity contribution < 1.29 is 33.0 Å². The van der Waals surface area contributed by atoms with E-state index in [1.54, 1.807) is 6.92 Å². The Labute approximate surface area is 190 Å². The Balaban J connectivity index is 1.60. The third-order valence-electron chi connectivity index (χ3n) is 5.57. The summed E-state index contributed by atoms with van der Waals surface area (Å²) in [6.45, 7) is 1.68. The average molecular weight is 460 g/mol. The van der Waals surface area contributed by atoms with Gasteiger partial charge in [0, 0.05) is 5.92 Å². The van der Waals surface area contributed by atoms with E-state index in [9.17, 15) is 23.2 Å². The van der Waals surface area contributed by atoms with Gasteiger partial charge in [0.15, 0.2) is 0 Å². The number of nitrogens with one attached hydrogen (secondary N) is 2. The Hall–Kier alpha value is -3.49. The molecule has 0 spiro atoms. The van der Waals surface area contributed by atoms with Crippen LogP contribution in [0.3, 0.4) is 0 Å². The summed E-state index contributed by atoms with van der Waals surface area (Å²) < 4.78 is 32.1. The van der Waals surface area contributed by atoms with Crippen LogP contribution in [-0.2, 0) is 14.3 Å². The Morgan fingerprint density at radius 2 is 1.58 bits per heavy atom. The Morgan fingerprint density at radius 3 is 2.09 bits per heavy atom. The molecule has 1 aliphatic rings. The van der Waals surface area contributed by atoms with Crippen LogP contribution in [0.15, 0.2) is 48.5 Å². The van der Waals surface area contributed by atoms with Gasteiger partial charge in [-0.05, 0) is 28.7 Å². The largest absolute Gasteiger partial charge is 0.480 e. The number of aliphatic carboxylic acids is 1. The first-order valence-corrected chi connectivity index (χ1v) is 10.7. The maximum atomic E-state index is 13.4. The number of hydrogen-bond acceptors (Lipinski definition) is 4. The maximum absolute atomic E-state index is 13.4. The zero-order chi connectivity index (χ0) is 24.0. The van der Waals surface area contributed by atoms with Crippen molar-refractivity contribution in [1.82, 2.24) is 10.6 Å². The van der Waals surface area contributed by atoms with E-state index in [1.165, 1.54) is 0 Å². The van der Waals surface area contributed by atoms with Gasteiger partial charge in [-0.3, -0.25) is 4.79 Å². The van der Waals surface area contributed by atoms with E-state index in [1.807, 2.05) is 53.8 Å². The molecule has 3 N–H and O–H groups in total. The van der Waals surface area contributed by atoms with E-state index < -0.39 is 42.9 Å². The quantitative estimate of drug-likeness (QED) is 0.499. The highest BCUT2D eigenvalue weighted by Crippen LogP contribution is 2.44. The van der Waals surface area contributed by atoms with Crippen LogP contribution in [-0.4, -0.2) is 48.2 Å². The zero-order valence-electron chi connectivity index (χ0n) is 18.1. The highest BCUT2D eigenvalue weighted by molar-refractivity contribution is 5.84. The van der Waals surface area contributed by atoms with Gasteiger partial charge in [-0.25, -0.2) is 18.4 Å². The van der Waals surface area contributed by atoms with Gasteiger partial charge in [-0.2, -0.15) is 0 Å². The van der Waals surface area contributed by atoms with Crippen molar-refractivity contribution in [3.05, 3.63) is 59.7 Å². The van der Waals surface area contributed by atoms with Crippen LogP contribution in [0.5, 0.6) is 0 Å². The molecule has 0 bridgehead atoms. The fourth-order valence-corrected chi connectivity index (χ4v) is 3.99. The monoisotopic (exact) mass is 460 g/mol. The number of hydrogen-bond donors (Lipinski definition) is 3. The SMILES string of the molecule is CCC[C@@H](NC(=O)CC(NC(=O)OCC1c2ccccc2-c2ccccc21)C(F)F)C(=O)O. The molecule has 0 radical (unpaired) electrons. The number of carboxylic acid groups (broad SMARTS) is 1. The lowest BCUT2D eigenvalue weighted by Gasteiger charge is -2.20. The molecule has 0 fully saturated rings. The molecule has 176 valence electrons. The molecule has 9 heteroatoms. The fourth-order valence-electron chi connectivity index (χ4n) is 3.99. The Bertz CT molecular complexity index is 968. The van der Waals surface area contributed by atoms with Gasteiger partial charge in [-0.1, -0.05) is 61.9 Å². The van der Waals surface area contributed by atoms with Crippen LogP contribution in [0.2, 0.25) is 0 Å². The molecule has 33 heavy (non-hydrogen) atoms. The second-order valence-electron chi connectivity index (χ2n) is 7.86. The number of alkyl carbamates (subject to hydrolysis) is 1. The Morgan fingerprint density at radius 1 is 1.00 bits per heavy atom. The summed E-state index contributed by atoms with van der Waals surface area (Å²) in [5, 5.41) is 13.3. The first-order valence-electron chi connectivity index (χ1n) is 10.7. The highest BCUT2D eigenvalue weighted by Gasteiger charge is 2.31. The summed E-state index contributed by atoms with van der Waals surface area (Å²) in [5.74, 6) is -2.37. The van der Waals surface area contributed by atoms with Crippen molar-refractivity contribution >= 4 is 18.0 Å². The molecule has 1 unspecified atom stereocenters. The third-order valence-corrected chi connectivity index (χ3v) is 5.57. The van der Waals surface area contributed by atoms with Crippen LogP contribution in [0, 0.1) is 0 Å².